The van der Waals surface area contributed by atoms with E-state index in [0.717, 1.165) is 75.5 Å². The summed E-state index contributed by atoms with van der Waals surface area (Å²) >= 11 is 0. The summed E-state index contributed by atoms with van der Waals surface area (Å²) < 4.78 is 27.3. The van der Waals surface area contributed by atoms with Crippen LogP contribution < -0.4 is 26.2 Å². The minimum atomic E-state index is -2.35. The molecule has 2 aliphatic heterocycles. The number of anilines is 6. The Morgan fingerprint density at radius 1 is 0.508 bits per heavy atom. The number of nitrogens with zero attached hydrogens (tertiary/aromatic N) is 2. The maximum atomic E-state index is 9.10. The first-order valence-corrected chi connectivity index (χ1v) is 22.7. The summed E-state index contributed by atoms with van der Waals surface area (Å²) in [6.45, 7) is 28.2. The molecule has 2 heterocycles. The van der Waals surface area contributed by atoms with E-state index in [1.165, 1.54) is 44.3 Å². The lowest BCUT2D eigenvalue weighted by atomic mass is 9.33. The Labute approximate surface area is 371 Å². The lowest BCUT2D eigenvalue weighted by Gasteiger charge is -2.47. The Hall–Kier alpha value is -5.02. The Morgan fingerprint density at radius 3 is 1.70 bits per heavy atom. The van der Waals surface area contributed by atoms with Crippen molar-refractivity contribution in [2.24, 2.45) is 0 Å². The predicted molar refractivity (Wildman–Crippen MR) is 265 cm³/mol. The van der Waals surface area contributed by atoms with Gasteiger partial charge >= 0.3 is 0 Å². The molecule has 0 saturated heterocycles. The maximum absolute atomic E-state index is 9.10. The average molecular weight is 804 g/mol. The lowest BCUT2D eigenvalue weighted by molar-refractivity contribution is 0.332. The van der Waals surface area contributed by atoms with Crippen LogP contribution in [-0.2, 0) is 27.1 Å². The van der Waals surface area contributed by atoms with E-state index in [9.17, 15) is 0 Å². The summed E-state index contributed by atoms with van der Waals surface area (Å²) in [5.74, 6) is 0. The van der Waals surface area contributed by atoms with Crippen LogP contribution in [0.3, 0.4) is 0 Å². The average Bonchev–Trinajstić information content (AvgIpc) is 3.40. The van der Waals surface area contributed by atoms with Crippen LogP contribution in [0, 0.1) is 20.7 Å². The van der Waals surface area contributed by atoms with Crippen LogP contribution in [-0.4, -0.2) is 6.71 Å². The zero-order valence-electron chi connectivity index (χ0n) is 41.9. The molecule has 0 fully saturated rings. The van der Waals surface area contributed by atoms with Crippen molar-refractivity contribution in [1.29, 1.82) is 0 Å². The standard InChI is InChI=1S/C58H65BN2/c1-35-26-51-53-52(27-35)61(49-32-43-41(28-37(49)3)55(7,8)24-25-56(43,9)10)50-33-44-42(57(11,12)34-58(44,13)14)31-46(50)59(53)45-30-40(54(4,5)6)22-23-47(45)60(51)48-29-39(21-20-36(48)2)38-18-16-15-17-19-38/h15-23,26-33H,24-25,34H2,1-14H3/i1D3. The molecule has 0 unspecified atom stereocenters. The molecular formula is C58H65BN2. The van der Waals surface area contributed by atoms with E-state index in [1.54, 1.807) is 0 Å². The topological polar surface area (TPSA) is 6.48 Å². The van der Waals surface area contributed by atoms with E-state index in [1.807, 2.05) is 12.1 Å². The van der Waals surface area contributed by atoms with Crippen molar-refractivity contribution in [3.05, 3.63) is 148 Å². The Morgan fingerprint density at radius 2 is 1.07 bits per heavy atom. The fourth-order valence-electron chi connectivity index (χ4n) is 12.1. The van der Waals surface area contributed by atoms with E-state index < -0.39 is 6.85 Å². The molecule has 310 valence electrons. The van der Waals surface area contributed by atoms with Gasteiger partial charge in [0.25, 0.3) is 6.71 Å². The molecule has 0 saturated carbocycles. The Kier molecular flexibility index (Phi) is 7.81. The van der Waals surface area contributed by atoms with Gasteiger partial charge in [-0.25, -0.2) is 0 Å². The smallest absolute Gasteiger partial charge is 0.252 e. The number of hydrogen-bond donors (Lipinski definition) is 0. The summed E-state index contributed by atoms with van der Waals surface area (Å²) in [4.78, 5) is 4.90. The van der Waals surface area contributed by atoms with Gasteiger partial charge in [-0.05, 0) is 175 Å². The third-order valence-electron chi connectivity index (χ3n) is 15.4. The Bertz CT molecular complexity index is 2930. The monoisotopic (exact) mass is 804 g/mol. The molecule has 0 spiro atoms. The highest BCUT2D eigenvalue weighted by Crippen LogP contribution is 2.55. The molecule has 61 heavy (non-hydrogen) atoms. The first-order valence-electron chi connectivity index (χ1n) is 24.2. The molecule has 6 aromatic carbocycles. The summed E-state index contributed by atoms with van der Waals surface area (Å²) in [6, 6.07) is 38.5. The number of hydrogen-bond acceptors (Lipinski definition) is 2. The molecular weight excluding hydrogens is 735 g/mol. The predicted octanol–water partition coefficient (Wildman–Crippen LogP) is 14.0. The molecule has 4 aliphatic rings. The first-order chi connectivity index (χ1) is 29.8. The van der Waals surface area contributed by atoms with Crippen LogP contribution in [0.2, 0.25) is 0 Å². The van der Waals surface area contributed by atoms with Crippen molar-refractivity contribution in [3.63, 3.8) is 0 Å². The summed E-state index contributed by atoms with van der Waals surface area (Å²) in [6.07, 6.45) is 3.31. The minimum Gasteiger partial charge on any atom is -0.311 e. The van der Waals surface area contributed by atoms with Gasteiger partial charge in [0.05, 0.1) is 0 Å². The van der Waals surface area contributed by atoms with Gasteiger partial charge in [0.15, 0.2) is 0 Å². The Balaban J connectivity index is 1.37. The third kappa shape index (κ3) is 6.03. The molecule has 0 bridgehead atoms. The van der Waals surface area contributed by atoms with E-state index in [-0.39, 0.29) is 33.8 Å². The zero-order valence-corrected chi connectivity index (χ0v) is 38.9. The molecule has 3 heteroatoms. The number of aryl methyl sites for hydroxylation is 3. The van der Waals surface area contributed by atoms with Gasteiger partial charge in [-0.3, -0.25) is 0 Å². The summed E-state index contributed by atoms with van der Waals surface area (Å²) in [5.41, 5.74) is 21.8. The van der Waals surface area contributed by atoms with Gasteiger partial charge < -0.3 is 9.80 Å². The van der Waals surface area contributed by atoms with Gasteiger partial charge in [0.1, 0.15) is 0 Å². The van der Waals surface area contributed by atoms with Crippen molar-refractivity contribution in [3.8, 4) is 11.1 Å². The highest BCUT2D eigenvalue weighted by atomic mass is 15.2. The van der Waals surface area contributed by atoms with Gasteiger partial charge in [-0.1, -0.05) is 143 Å². The van der Waals surface area contributed by atoms with Crippen molar-refractivity contribution in [2.75, 3.05) is 9.80 Å². The van der Waals surface area contributed by atoms with E-state index in [0.29, 0.717) is 5.56 Å². The van der Waals surface area contributed by atoms with E-state index in [4.69, 9.17) is 4.11 Å². The number of benzene rings is 6. The fraction of sp³-hybridized carbons (Fsp3) is 0.379. The number of fused-ring (bicyclic) bond motifs is 6. The fourth-order valence-corrected chi connectivity index (χ4v) is 12.1. The highest BCUT2D eigenvalue weighted by molar-refractivity contribution is 7.00. The first kappa shape index (κ1) is 36.6. The van der Waals surface area contributed by atoms with Crippen molar-refractivity contribution >= 4 is 57.2 Å². The second kappa shape index (κ2) is 13.0. The lowest BCUT2D eigenvalue weighted by Crippen LogP contribution is -2.62. The summed E-state index contributed by atoms with van der Waals surface area (Å²) in [7, 11) is 0. The SMILES string of the molecule is [2H]C([2H])([2H])c1cc2c3c(c1)N(c1cc4c(cc1C)C(C)(C)CCC4(C)C)c1cc4c(cc1B3c1cc(C(C)(C)C)ccc1N2c1cc(-c2ccccc2)ccc1C)C(C)(C)CC4(C)C. The van der Waals surface area contributed by atoms with Crippen LogP contribution in [0.25, 0.3) is 11.1 Å². The van der Waals surface area contributed by atoms with E-state index in [2.05, 4.69) is 191 Å². The molecule has 2 nitrogen and oxygen atoms in total. The molecule has 0 N–H and O–H groups in total. The van der Waals surface area contributed by atoms with Crippen LogP contribution in [0.15, 0.2) is 103 Å². The molecule has 2 aliphatic carbocycles. The van der Waals surface area contributed by atoms with Gasteiger partial charge in [-0.2, -0.15) is 0 Å². The molecule has 6 aromatic rings. The second-order valence-corrected chi connectivity index (χ2v) is 22.8. The van der Waals surface area contributed by atoms with Crippen LogP contribution in [0.1, 0.15) is 144 Å². The highest BCUT2D eigenvalue weighted by Gasteiger charge is 2.49. The molecule has 0 amide bonds. The van der Waals surface area contributed by atoms with Gasteiger partial charge in [0.2, 0.25) is 0 Å². The third-order valence-corrected chi connectivity index (χ3v) is 15.4. The molecule has 0 aromatic heterocycles. The second-order valence-electron chi connectivity index (χ2n) is 22.8. The molecule has 10 rings (SSSR count). The van der Waals surface area contributed by atoms with Crippen molar-refractivity contribution in [2.45, 2.75) is 143 Å². The molecule has 0 atom stereocenters. The van der Waals surface area contributed by atoms with Crippen molar-refractivity contribution in [1.82, 2.24) is 0 Å². The minimum absolute atomic E-state index is 0.0151. The van der Waals surface area contributed by atoms with Crippen LogP contribution >= 0.6 is 0 Å². The van der Waals surface area contributed by atoms with Crippen LogP contribution in [0.4, 0.5) is 34.1 Å². The van der Waals surface area contributed by atoms with Gasteiger partial charge in [-0.15, -0.1) is 0 Å². The normalized spacial score (nSPS) is 19.5. The zero-order chi connectivity index (χ0) is 45.8. The van der Waals surface area contributed by atoms with E-state index >= 15 is 0 Å². The van der Waals surface area contributed by atoms with Crippen LogP contribution in [0.5, 0.6) is 0 Å². The molecule has 0 radical (unpaired) electrons. The number of rotatable bonds is 3. The summed E-state index contributed by atoms with van der Waals surface area (Å²) in [5, 5.41) is 0. The van der Waals surface area contributed by atoms with Gasteiger partial charge in [0, 0.05) is 38.2 Å². The van der Waals surface area contributed by atoms with Crippen molar-refractivity contribution < 1.29 is 4.11 Å². The quantitative estimate of drug-likeness (QED) is 0.164. The maximum Gasteiger partial charge on any atom is 0.252 e. The largest absolute Gasteiger partial charge is 0.311 e.